The van der Waals surface area contributed by atoms with E-state index in [1.165, 1.54) is 12.3 Å². The van der Waals surface area contributed by atoms with Gasteiger partial charge in [0.15, 0.2) is 11.4 Å². The van der Waals surface area contributed by atoms with Gasteiger partial charge in [0, 0.05) is 11.5 Å². The minimum absolute atomic E-state index is 0.00344. The first-order valence-electron chi connectivity index (χ1n) is 6.45. The Morgan fingerprint density at radius 3 is 2.71 bits per heavy atom. The summed E-state index contributed by atoms with van der Waals surface area (Å²) in [6.45, 7) is 3.64. The number of rotatable bonds is 5. The quantitative estimate of drug-likeness (QED) is 0.916. The van der Waals surface area contributed by atoms with E-state index in [-0.39, 0.29) is 24.0 Å². The van der Waals surface area contributed by atoms with E-state index in [1.54, 1.807) is 18.2 Å². The molecule has 110 valence electrons. The second kappa shape index (κ2) is 6.30. The van der Waals surface area contributed by atoms with Gasteiger partial charge in [-0.05, 0) is 6.07 Å². The highest BCUT2D eigenvalue weighted by molar-refractivity contribution is 5.88. The number of hydrogen-bond donors (Lipinski definition) is 1. The molecule has 1 heterocycles. The second-order valence-electron chi connectivity index (χ2n) is 4.78. The lowest BCUT2D eigenvalue weighted by Gasteiger charge is -2.11. The normalized spacial score (nSPS) is 10.7. The molecule has 1 aromatic carbocycles. The third-order valence-corrected chi connectivity index (χ3v) is 2.83. The summed E-state index contributed by atoms with van der Waals surface area (Å²) in [6, 6.07) is 6.13. The van der Waals surface area contributed by atoms with Crippen molar-refractivity contribution in [1.82, 2.24) is 9.97 Å². The summed E-state index contributed by atoms with van der Waals surface area (Å²) >= 11 is 0. The Morgan fingerprint density at radius 1 is 1.38 bits per heavy atom. The number of nitrogens with zero attached hydrogens (tertiary/aromatic N) is 2. The molecule has 0 bridgehead atoms. The number of aromatic carboxylic acids is 1. The van der Waals surface area contributed by atoms with Crippen LogP contribution in [0.5, 0.6) is 5.75 Å². The van der Waals surface area contributed by atoms with Gasteiger partial charge < -0.3 is 9.84 Å². The minimum atomic E-state index is -1.21. The number of ether oxygens (including phenoxy) is 1. The number of carbonyl (C=O) groups is 1. The first kappa shape index (κ1) is 14.9. The summed E-state index contributed by atoms with van der Waals surface area (Å²) in [4.78, 5) is 19.3. The number of carboxylic acids is 1. The molecule has 0 radical (unpaired) electrons. The van der Waals surface area contributed by atoms with Crippen molar-refractivity contribution in [2.45, 2.75) is 26.4 Å². The number of hydrogen-bond acceptors (Lipinski definition) is 4. The molecule has 0 saturated heterocycles. The summed E-state index contributed by atoms with van der Waals surface area (Å²) in [5, 5.41) is 9.18. The maximum Gasteiger partial charge on any atom is 0.358 e. The van der Waals surface area contributed by atoms with Gasteiger partial charge in [-0.3, -0.25) is 0 Å². The Morgan fingerprint density at radius 2 is 2.10 bits per heavy atom. The third kappa shape index (κ3) is 3.53. The zero-order valence-electron chi connectivity index (χ0n) is 11.7. The van der Waals surface area contributed by atoms with Crippen molar-refractivity contribution >= 4 is 5.97 Å². The predicted molar refractivity (Wildman–Crippen MR) is 73.8 cm³/mol. The van der Waals surface area contributed by atoms with Gasteiger partial charge in [0.05, 0.1) is 6.20 Å². The molecule has 0 aliphatic heterocycles. The fourth-order valence-electron chi connectivity index (χ4n) is 1.69. The largest absolute Gasteiger partial charge is 0.485 e. The highest BCUT2D eigenvalue weighted by atomic mass is 19.1. The van der Waals surface area contributed by atoms with Crippen molar-refractivity contribution in [3.63, 3.8) is 0 Å². The molecule has 6 heteroatoms. The standard InChI is InChI=1S/C15H15FN2O3/c1-9(2)14-17-7-12(13(18-14)15(19)20)21-8-10-5-3-4-6-11(10)16/h3-7,9H,8H2,1-2H3,(H,19,20). The summed E-state index contributed by atoms with van der Waals surface area (Å²) in [5.74, 6) is -1.17. The molecule has 0 saturated carbocycles. The number of carboxylic acid groups (broad SMARTS) is 1. The Kier molecular flexibility index (Phi) is 4.47. The third-order valence-electron chi connectivity index (χ3n) is 2.83. The van der Waals surface area contributed by atoms with Crippen molar-refractivity contribution < 1.29 is 19.0 Å². The van der Waals surface area contributed by atoms with Crippen LogP contribution in [-0.4, -0.2) is 21.0 Å². The van der Waals surface area contributed by atoms with Crippen molar-refractivity contribution in [1.29, 1.82) is 0 Å². The Bertz CT molecular complexity index is 659. The molecular formula is C15H15FN2O3. The summed E-state index contributed by atoms with van der Waals surface area (Å²) < 4.78 is 18.8. The molecule has 0 amide bonds. The summed E-state index contributed by atoms with van der Waals surface area (Å²) in [7, 11) is 0. The summed E-state index contributed by atoms with van der Waals surface area (Å²) in [5.41, 5.74) is 0.117. The van der Waals surface area contributed by atoms with E-state index >= 15 is 0 Å². The van der Waals surface area contributed by atoms with Crippen LogP contribution in [0, 0.1) is 5.82 Å². The van der Waals surface area contributed by atoms with Gasteiger partial charge in [0.25, 0.3) is 0 Å². The van der Waals surface area contributed by atoms with E-state index in [1.807, 2.05) is 13.8 Å². The smallest absolute Gasteiger partial charge is 0.358 e. The van der Waals surface area contributed by atoms with E-state index in [9.17, 15) is 14.3 Å². The van der Waals surface area contributed by atoms with Crippen LogP contribution in [0.1, 0.15) is 41.6 Å². The van der Waals surface area contributed by atoms with Crippen LogP contribution >= 0.6 is 0 Å². The molecule has 0 aliphatic rings. The van der Waals surface area contributed by atoms with Crippen molar-refractivity contribution in [2.75, 3.05) is 0 Å². The molecule has 0 unspecified atom stereocenters. The van der Waals surface area contributed by atoms with Crippen LogP contribution in [0.3, 0.4) is 0 Å². The van der Waals surface area contributed by atoms with E-state index in [2.05, 4.69) is 9.97 Å². The molecule has 0 aliphatic carbocycles. The first-order valence-corrected chi connectivity index (χ1v) is 6.45. The maximum atomic E-state index is 13.5. The van der Waals surface area contributed by atoms with Gasteiger partial charge in [-0.2, -0.15) is 0 Å². The fourth-order valence-corrected chi connectivity index (χ4v) is 1.69. The monoisotopic (exact) mass is 290 g/mol. The van der Waals surface area contributed by atoms with Crippen LogP contribution in [-0.2, 0) is 6.61 Å². The Hall–Kier alpha value is -2.50. The minimum Gasteiger partial charge on any atom is -0.485 e. The number of halogens is 1. The summed E-state index contributed by atoms with van der Waals surface area (Å²) in [6.07, 6.45) is 1.31. The average Bonchev–Trinajstić information content (AvgIpc) is 2.46. The van der Waals surface area contributed by atoms with Crippen molar-refractivity contribution in [2.24, 2.45) is 0 Å². The molecule has 5 nitrogen and oxygen atoms in total. The van der Waals surface area contributed by atoms with Gasteiger partial charge in [0.2, 0.25) is 0 Å². The fraction of sp³-hybridized carbons (Fsp3) is 0.267. The van der Waals surface area contributed by atoms with E-state index in [0.29, 0.717) is 11.4 Å². The van der Waals surface area contributed by atoms with E-state index in [0.717, 1.165) is 0 Å². The van der Waals surface area contributed by atoms with Gasteiger partial charge in [-0.25, -0.2) is 19.2 Å². The maximum absolute atomic E-state index is 13.5. The molecule has 1 N–H and O–H groups in total. The zero-order chi connectivity index (χ0) is 15.4. The molecule has 2 aromatic rings. The van der Waals surface area contributed by atoms with E-state index in [4.69, 9.17) is 4.74 Å². The molecule has 21 heavy (non-hydrogen) atoms. The average molecular weight is 290 g/mol. The van der Waals surface area contributed by atoms with Crippen LogP contribution in [0.15, 0.2) is 30.5 Å². The first-order chi connectivity index (χ1) is 9.99. The van der Waals surface area contributed by atoms with Gasteiger partial charge in [-0.1, -0.05) is 32.0 Å². The lowest BCUT2D eigenvalue weighted by atomic mass is 10.2. The Labute approximate surface area is 121 Å². The molecule has 0 atom stereocenters. The van der Waals surface area contributed by atoms with Gasteiger partial charge in [0.1, 0.15) is 18.2 Å². The Balaban J connectivity index is 2.24. The van der Waals surface area contributed by atoms with Gasteiger partial charge >= 0.3 is 5.97 Å². The number of aromatic nitrogens is 2. The molecule has 2 rings (SSSR count). The molecule has 0 fully saturated rings. The molecular weight excluding hydrogens is 275 g/mol. The highest BCUT2D eigenvalue weighted by Gasteiger charge is 2.17. The van der Waals surface area contributed by atoms with E-state index < -0.39 is 11.8 Å². The second-order valence-corrected chi connectivity index (χ2v) is 4.78. The lowest BCUT2D eigenvalue weighted by molar-refractivity contribution is 0.0684. The molecule has 0 spiro atoms. The highest BCUT2D eigenvalue weighted by Crippen LogP contribution is 2.20. The topological polar surface area (TPSA) is 72.3 Å². The van der Waals surface area contributed by atoms with Crippen molar-refractivity contribution in [3.05, 3.63) is 53.4 Å². The molecule has 1 aromatic heterocycles. The zero-order valence-corrected chi connectivity index (χ0v) is 11.7. The van der Waals surface area contributed by atoms with Gasteiger partial charge in [-0.15, -0.1) is 0 Å². The SMILES string of the molecule is CC(C)c1ncc(OCc2ccccc2F)c(C(=O)O)n1. The number of benzene rings is 1. The van der Waals surface area contributed by atoms with Crippen LogP contribution in [0.25, 0.3) is 0 Å². The predicted octanol–water partition coefficient (Wildman–Crippen LogP) is 3.02. The lowest BCUT2D eigenvalue weighted by Crippen LogP contribution is -2.10. The van der Waals surface area contributed by atoms with Crippen molar-refractivity contribution in [3.8, 4) is 5.75 Å². The van der Waals surface area contributed by atoms with Crippen LogP contribution in [0.2, 0.25) is 0 Å². The van der Waals surface area contributed by atoms with Crippen LogP contribution < -0.4 is 4.74 Å². The van der Waals surface area contributed by atoms with Crippen LogP contribution in [0.4, 0.5) is 4.39 Å².